The fraction of sp³-hybridized carbons (Fsp3) is 0.538. The molecule has 0 heterocycles. The van der Waals surface area contributed by atoms with E-state index in [4.69, 9.17) is 0 Å². The molecule has 100 valence electrons. The molecule has 18 heavy (non-hydrogen) atoms. The minimum atomic E-state index is -3.47. The Bertz CT molecular complexity index is 494. The van der Waals surface area contributed by atoms with Crippen LogP contribution in [-0.4, -0.2) is 25.8 Å². The Morgan fingerprint density at radius 1 is 1.28 bits per heavy atom. The average Bonchev–Trinajstić information content (AvgIpc) is 2.28. The van der Waals surface area contributed by atoms with E-state index in [9.17, 15) is 12.8 Å². The molecule has 3 nitrogen and oxygen atoms in total. The van der Waals surface area contributed by atoms with Gasteiger partial charge in [-0.1, -0.05) is 13.3 Å². The monoisotopic (exact) mass is 271 g/mol. The molecule has 1 saturated carbocycles. The number of halogens is 1. The van der Waals surface area contributed by atoms with Crippen LogP contribution in [0.4, 0.5) is 4.39 Å². The van der Waals surface area contributed by atoms with Crippen LogP contribution in [-0.2, 0) is 10.0 Å². The van der Waals surface area contributed by atoms with E-state index in [0.29, 0.717) is 19.0 Å². The molecule has 1 fully saturated rings. The molecule has 0 aliphatic heterocycles. The van der Waals surface area contributed by atoms with Crippen LogP contribution < -0.4 is 0 Å². The number of hydrogen-bond acceptors (Lipinski definition) is 2. The summed E-state index contributed by atoms with van der Waals surface area (Å²) in [5.74, 6) is 0.0659. The lowest BCUT2D eigenvalue weighted by atomic mass is 9.85. The second-order valence-electron chi connectivity index (χ2n) is 4.71. The van der Waals surface area contributed by atoms with Crippen molar-refractivity contribution in [3.8, 4) is 0 Å². The molecule has 1 aliphatic rings. The quantitative estimate of drug-likeness (QED) is 0.825. The standard InChI is InChI=1S/C13H18FNO2S/c1-2-15(10-11-4-3-5-11)18(16,17)13-8-6-12(14)7-9-13/h6-9,11H,2-5,10H2,1H3. The fourth-order valence-corrected chi connectivity index (χ4v) is 3.64. The molecular formula is C13H18FNO2S. The molecular weight excluding hydrogens is 253 g/mol. The highest BCUT2D eigenvalue weighted by molar-refractivity contribution is 7.89. The molecule has 0 bridgehead atoms. The average molecular weight is 271 g/mol. The van der Waals surface area contributed by atoms with Crippen LogP contribution in [0.3, 0.4) is 0 Å². The van der Waals surface area contributed by atoms with Crippen molar-refractivity contribution in [3.63, 3.8) is 0 Å². The van der Waals surface area contributed by atoms with Gasteiger partial charge in [-0.15, -0.1) is 0 Å². The summed E-state index contributed by atoms with van der Waals surface area (Å²) in [6, 6.07) is 5.02. The van der Waals surface area contributed by atoms with Crippen molar-refractivity contribution in [1.29, 1.82) is 0 Å². The predicted octanol–water partition coefficient (Wildman–Crippen LogP) is 2.64. The van der Waals surface area contributed by atoms with Gasteiger partial charge < -0.3 is 0 Å². The zero-order valence-electron chi connectivity index (χ0n) is 10.5. The Morgan fingerprint density at radius 3 is 2.33 bits per heavy atom. The highest BCUT2D eigenvalue weighted by Crippen LogP contribution is 2.29. The minimum absolute atomic E-state index is 0.171. The van der Waals surface area contributed by atoms with Gasteiger partial charge >= 0.3 is 0 Å². The van der Waals surface area contributed by atoms with Crippen LogP contribution in [0.15, 0.2) is 29.2 Å². The SMILES string of the molecule is CCN(CC1CCC1)S(=O)(=O)c1ccc(F)cc1. The van der Waals surface area contributed by atoms with Crippen LogP contribution in [0.2, 0.25) is 0 Å². The molecule has 0 N–H and O–H groups in total. The van der Waals surface area contributed by atoms with Gasteiger partial charge in [-0.2, -0.15) is 4.31 Å². The van der Waals surface area contributed by atoms with E-state index in [-0.39, 0.29) is 4.90 Å². The van der Waals surface area contributed by atoms with Gasteiger partial charge in [-0.25, -0.2) is 12.8 Å². The van der Waals surface area contributed by atoms with E-state index in [1.54, 1.807) is 0 Å². The fourth-order valence-electron chi connectivity index (χ4n) is 2.12. The van der Waals surface area contributed by atoms with E-state index < -0.39 is 15.8 Å². The maximum Gasteiger partial charge on any atom is 0.243 e. The van der Waals surface area contributed by atoms with Crippen molar-refractivity contribution in [3.05, 3.63) is 30.1 Å². The van der Waals surface area contributed by atoms with E-state index >= 15 is 0 Å². The first-order chi connectivity index (χ1) is 8.54. The zero-order chi connectivity index (χ0) is 13.2. The summed E-state index contributed by atoms with van der Waals surface area (Å²) in [6.07, 6.45) is 3.41. The summed E-state index contributed by atoms with van der Waals surface area (Å²) in [5.41, 5.74) is 0. The maximum atomic E-state index is 12.8. The number of benzene rings is 1. The van der Waals surface area contributed by atoms with Crippen molar-refractivity contribution < 1.29 is 12.8 Å². The van der Waals surface area contributed by atoms with Crippen molar-refractivity contribution in [2.45, 2.75) is 31.1 Å². The predicted molar refractivity (Wildman–Crippen MR) is 68.2 cm³/mol. The van der Waals surface area contributed by atoms with Gasteiger partial charge in [0.2, 0.25) is 10.0 Å². The third-order valence-electron chi connectivity index (χ3n) is 3.49. The van der Waals surface area contributed by atoms with Crippen molar-refractivity contribution in [1.82, 2.24) is 4.31 Å². The van der Waals surface area contributed by atoms with Gasteiger partial charge in [0.15, 0.2) is 0 Å². The lowest BCUT2D eigenvalue weighted by Crippen LogP contribution is -2.37. The van der Waals surface area contributed by atoms with Crippen LogP contribution >= 0.6 is 0 Å². The number of sulfonamides is 1. The second-order valence-corrected chi connectivity index (χ2v) is 6.64. The number of nitrogens with zero attached hydrogens (tertiary/aromatic N) is 1. The summed E-state index contributed by atoms with van der Waals surface area (Å²) in [4.78, 5) is 0.171. The van der Waals surface area contributed by atoms with Crippen LogP contribution in [0.5, 0.6) is 0 Å². The molecule has 0 unspecified atom stereocenters. The Kier molecular flexibility index (Phi) is 4.02. The van der Waals surface area contributed by atoms with Gasteiger partial charge in [0.05, 0.1) is 4.90 Å². The first-order valence-electron chi connectivity index (χ1n) is 6.29. The summed E-state index contributed by atoms with van der Waals surface area (Å²) in [7, 11) is -3.47. The smallest absolute Gasteiger partial charge is 0.207 e. The molecule has 0 radical (unpaired) electrons. The van der Waals surface area contributed by atoms with E-state index in [0.717, 1.165) is 12.8 Å². The summed E-state index contributed by atoms with van der Waals surface area (Å²) >= 11 is 0. The van der Waals surface area contributed by atoms with Gasteiger partial charge in [0.1, 0.15) is 5.82 Å². The molecule has 1 aliphatic carbocycles. The van der Waals surface area contributed by atoms with E-state index in [1.807, 2.05) is 6.92 Å². The molecule has 0 atom stereocenters. The molecule has 0 amide bonds. The highest BCUT2D eigenvalue weighted by atomic mass is 32.2. The number of hydrogen-bond donors (Lipinski definition) is 0. The number of rotatable bonds is 5. The minimum Gasteiger partial charge on any atom is -0.207 e. The lowest BCUT2D eigenvalue weighted by Gasteiger charge is -2.31. The zero-order valence-corrected chi connectivity index (χ0v) is 11.3. The van der Waals surface area contributed by atoms with Crippen molar-refractivity contribution in [2.24, 2.45) is 5.92 Å². The van der Waals surface area contributed by atoms with Gasteiger partial charge in [-0.3, -0.25) is 0 Å². The van der Waals surface area contributed by atoms with Gasteiger partial charge in [0.25, 0.3) is 0 Å². The maximum absolute atomic E-state index is 12.8. The second kappa shape index (κ2) is 5.36. The van der Waals surface area contributed by atoms with E-state index in [1.165, 1.54) is 35.0 Å². The Balaban J connectivity index is 2.18. The molecule has 1 aromatic rings. The Hall–Kier alpha value is -0.940. The third kappa shape index (κ3) is 2.72. The first-order valence-corrected chi connectivity index (χ1v) is 7.73. The molecule has 5 heteroatoms. The molecule has 0 saturated heterocycles. The van der Waals surface area contributed by atoms with Crippen molar-refractivity contribution >= 4 is 10.0 Å². The van der Waals surface area contributed by atoms with Crippen molar-refractivity contribution in [2.75, 3.05) is 13.1 Å². The summed E-state index contributed by atoms with van der Waals surface area (Å²) < 4.78 is 39.0. The molecule has 0 aromatic heterocycles. The summed E-state index contributed by atoms with van der Waals surface area (Å²) in [5, 5.41) is 0. The highest BCUT2D eigenvalue weighted by Gasteiger charge is 2.28. The van der Waals surface area contributed by atoms with Gasteiger partial charge in [0, 0.05) is 13.1 Å². The van der Waals surface area contributed by atoms with E-state index in [2.05, 4.69) is 0 Å². The van der Waals surface area contributed by atoms with Crippen LogP contribution in [0.25, 0.3) is 0 Å². The largest absolute Gasteiger partial charge is 0.243 e. The normalized spacial score (nSPS) is 16.8. The topological polar surface area (TPSA) is 37.4 Å². The Morgan fingerprint density at radius 2 is 1.89 bits per heavy atom. The molecule has 2 rings (SSSR count). The third-order valence-corrected chi connectivity index (χ3v) is 5.45. The Labute approximate surface area is 108 Å². The van der Waals surface area contributed by atoms with Crippen LogP contribution in [0.1, 0.15) is 26.2 Å². The summed E-state index contributed by atoms with van der Waals surface area (Å²) in [6.45, 7) is 2.87. The first kappa shape index (κ1) is 13.5. The van der Waals surface area contributed by atoms with Crippen LogP contribution in [0, 0.1) is 11.7 Å². The molecule has 1 aromatic carbocycles. The van der Waals surface area contributed by atoms with Gasteiger partial charge in [-0.05, 0) is 43.0 Å². The lowest BCUT2D eigenvalue weighted by molar-refractivity contribution is 0.250. The molecule has 0 spiro atoms.